The second-order valence-corrected chi connectivity index (χ2v) is 2.88. The van der Waals surface area contributed by atoms with Gasteiger partial charge in [-0.15, -0.1) is 0 Å². The first-order valence-corrected chi connectivity index (χ1v) is 4.05. The van der Waals surface area contributed by atoms with Crippen molar-refractivity contribution in [2.45, 2.75) is 0 Å². The van der Waals surface area contributed by atoms with Crippen LogP contribution < -0.4 is 4.74 Å². The standard InChI is InChI=1S/C6H8BNO3S/c1-11-6-4-5(12-8-6)2-3-7(9)10/h2-4,9-10H,1H3/b3-2+. The topological polar surface area (TPSA) is 62.6 Å². The minimum Gasteiger partial charge on any atom is -0.480 e. The smallest absolute Gasteiger partial charge is 0.480 e. The van der Waals surface area contributed by atoms with E-state index < -0.39 is 7.12 Å². The third-order valence-corrected chi connectivity index (χ3v) is 1.88. The van der Waals surface area contributed by atoms with Gasteiger partial charge in [-0.1, -0.05) is 12.1 Å². The van der Waals surface area contributed by atoms with Gasteiger partial charge >= 0.3 is 7.12 Å². The molecule has 4 nitrogen and oxygen atoms in total. The fourth-order valence-corrected chi connectivity index (χ4v) is 1.24. The Hall–Kier alpha value is -0.845. The van der Waals surface area contributed by atoms with Crippen molar-refractivity contribution in [1.29, 1.82) is 0 Å². The van der Waals surface area contributed by atoms with Gasteiger partial charge in [0.25, 0.3) is 0 Å². The van der Waals surface area contributed by atoms with Crippen LogP contribution in [0.4, 0.5) is 0 Å². The van der Waals surface area contributed by atoms with E-state index in [1.165, 1.54) is 24.6 Å². The molecule has 0 radical (unpaired) electrons. The highest BCUT2D eigenvalue weighted by Gasteiger charge is 2.01. The number of hydrogen-bond donors (Lipinski definition) is 2. The zero-order chi connectivity index (χ0) is 8.97. The number of aromatic nitrogens is 1. The van der Waals surface area contributed by atoms with Crippen LogP contribution in [-0.4, -0.2) is 28.6 Å². The van der Waals surface area contributed by atoms with Gasteiger partial charge in [-0.2, -0.15) is 4.37 Å². The fourth-order valence-electron chi connectivity index (χ4n) is 0.628. The summed E-state index contributed by atoms with van der Waals surface area (Å²) in [5.74, 6) is 1.79. The van der Waals surface area contributed by atoms with Crippen LogP contribution in [0.5, 0.6) is 5.88 Å². The monoisotopic (exact) mass is 185 g/mol. The lowest BCUT2D eigenvalue weighted by Gasteiger charge is -1.86. The highest BCUT2D eigenvalue weighted by atomic mass is 32.1. The van der Waals surface area contributed by atoms with Crippen LogP contribution in [0.2, 0.25) is 0 Å². The number of nitrogens with zero attached hydrogens (tertiary/aromatic N) is 1. The summed E-state index contributed by atoms with van der Waals surface area (Å²) < 4.78 is 8.76. The van der Waals surface area contributed by atoms with Crippen LogP contribution in [-0.2, 0) is 0 Å². The fraction of sp³-hybridized carbons (Fsp3) is 0.167. The molecule has 64 valence electrons. The van der Waals surface area contributed by atoms with Crippen LogP contribution in [0, 0.1) is 0 Å². The van der Waals surface area contributed by atoms with E-state index in [4.69, 9.17) is 14.8 Å². The molecule has 1 aromatic rings. The lowest BCUT2D eigenvalue weighted by molar-refractivity contribution is 0.402. The molecule has 1 aromatic heterocycles. The highest BCUT2D eigenvalue weighted by molar-refractivity contribution is 7.07. The van der Waals surface area contributed by atoms with Gasteiger partial charge in [0.05, 0.1) is 12.0 Å². The number of methoxy groups -OCH3 is 1. The third-order valence-electron chi connectivity index (χ3n) is 1.15. The van der Waals surface area contributed by atoms with Crippen LogP contribution >= 0.6 is 11.5 Å². The van der Waals surface area contributed by atoms with Crippen molar-refractivity contribution in [3.63, 3.8) is 0 Å². The lowest BCUT2D eigenvalue weighted by atomic mass is 9.92. The van der Waals surface area contributed by atoms with E-state index in [2.05, 4.69) is 4.37 Å². The van der Waals surface area contributed by atoms with Gasteiger partial charge in [0, 0.05) is 6.07 Å². The average molecular weight is 185 g/mol. The Kier molecular flexibility index (Phi) is 3.27. The first-order valence-electron chi connectivity index (χ1n) is 3.27. The maximum absolute atomic E-state index is 8.50. The Labute approximate surface area is 74.4 Å². The molecule has 0 amide bonds. The third kappa shape index (κ3) is 2.65. The molecule has 0 bridgehead atoms. The van der Waals surface area contributed by atoms with Gasteiger partial charge in [0.1, 0.15) is 0 Å². The van der Waals surface area contributed by atoms with Gasteiger partial charge < -0.3 is 14.8 Å². The van der Waals surface area contributed by atoms with Gasteiger partial charge in [0.2, 0.25) is 5.88 Å². The molecule has 0 atom stereocenters. The largest absolute Gasteiger partial charge is 0.480 e. The first-order chi connectivity index (χ1) is 5.72. The number of ether oxygens (including phenoxy) is 1. The Bertz CT molecular complexity index is 274. The summed E-state index contributed by atoms with van der Waals surface area (Å²) in [6.07, 6.45) is 1.57. The van der Waals surface area contributed by atoms with Crippen LogP contribution in [0.15, 0.2) is 12.0 Å². The summed E-state index contributed by atoms with van der Waals surface area (Å²) in [6.45, 7) is 0. The molecule has 0 saturated carbocycles. The molecule has 0 saturated heterocycles. The first kappa shape index (κ1) is 9.24. The van der Waals surface area contributed by atoms with Gasteiger partial charge in [-0.3, -0.25) is 0 Å². The molecule has 2 N–H and O–H groups in total. The van der Waals surface area contributed by atoms with E-state index in [1.54, 1.807) is 12.1 Å². The molecule has 1 rings (SSSR count). The summed E-state index contributed by atoms with van der Waals surface area (Å²) in [4.78, 5) is 0.819. The lowest BCUT2D eigenvalue weighted by Crippen LogP contribution is -2.04. The minimum atomic E-state index is -1.42. The Morgan fingerprint density at radius 1 is 1.67 bits per heavy atom. The van der Waals surface area contributed by atoms with Crippen molar-refractivity contribution in [1.82, 2.24) is 4.37 Å². The molecule has 0 aromatic carbocycles. The van der Waals surface area contributed by atoms with Gasteiger partial charge in [0.15, 0.2) is 0 Å². The van der Waals surface area contributed by atoms with Crippen LogP contribution in [0.3, 0.4) is 0 Å². The van der Waals surface area contributed by atoms with E-state index in [9.17, 15) is 0 Å². The van der Waals surface area contributed by atoms with Crippen molar-refractivity contribution < 1.29 is 14.8 Å². The Morgan fingerprint density at radius 3 is 2.92 bits per heavy atom. The second-order valence-electron chi connectivity index (χ2n) is 2.04. The summed E-state index contributed by atoms with van der Waals surface area (Å²) in [5.41, 5.74) is 0. The van der Waals surface area contributed by atoms with Crippen molar-refractivity contribution in [3.05, 3.63) is 16.9 Å². The van der Waals surface area contributed by atoms with Crippen molar-refractivity contribution in [3.8, 4) is 5.88 Å². The normalized spacial score (nSPS) is 10.6. The molecular formula is C6H8BNO3S. The number of rotatable bonds is 3. The Balaban J connectivity index is 2.63. The number of hydrogen-bond acceptors (Lipinski definition) is 5. The van der Waals surface area contributed by atoms with E-state index >= 15 is 0 Å². The molecule has 1 heterocycles. The molecular weight excluding hydrogens is 177 g/mol. The predicted octanol–water partition coefficient (Wildman–Crippen LogP) is 0.177. The average Bonchev–Trinajstić information content (AvgIpc) is 2.48. The summed E-state index contributed by atoms with van der Waals surface area (Å²) in [6, 6.07) is 1.71. The minimum absolute atomic E-state index is 0.534. The van der Waals surface area contributed by atoms with Crippen LogP contribution in [0.25, 0.3) is 6.08 Å². The molecule has 0 aliphatic carbocycles. The van der Waals surface area contributed by atoms with Crippen molar-refractivity contribution in [2.75, 3.05) is 7.11 Å². The van der Waals surface area contributed by atoms with E-state index in [1.807, 2.05) is 0 Å². The van der Waals surface area contributed by atoms with Crippen molar-refractivity contribution in [2.24, 2.45) is 0 Å². The zero-order valence-electron chi connectivity index (χ0n) is 6.47. The molecule has 6 heteroatoms. The van der Waals surface area contributed by atoms with Crippen molar-refractivity contribution >= 4 is 24.7 Å². The van der Waals surface area contributed by atoms with Crippen LogP contribution in [0.1, 0.15) is 4.88 Å². The molecule has 0 spiro atoms. The summed E-state index contributed by atoms with van der Waals surface area (Å²) in [7, 11) is 0.113. The quantitative estimate of drug-likeness (QED) is 0.659. The van der Waals surface area contributed by atoms with E-state index in [0.29, 0.717) is 5.88 Å². The molecule has 0 fully saturated rings. The highest BCUT2D eigenvalue weighted by Crippen LogP contribution is 2.17. The summed E-state index contributed by atoms with van der Waals surface area (Å²) in [5, 5.41) is 17.0. The predicted molar refractivity (Wildman–Crippen MR) is 47.9 cm³/mol. The van der Waals surface area contributed by atoms with Gasteiger partial charge in [-0.05, 0) is 11.5 Å². The SMILES string of the molecule is COc1cc(/C=C/B(O)O)sn1. The molecule has 0 unspecified atom stereocenters. The maximum Gasteiger partial charge on any atom is 0.480 e. The van der Waals surface area contributed by atoms with E-state index in [0.717, 1.165) is 4.88 Å². The molecule has 0 aliphatic heterocycles. The van der Waals surface area contributed by atoms with E-state index in [-0.39, 0.29) is 0 Å². The van der Waals surface area contributed by atoms with Gasteiger partial charge in [-0.25, -0.2) is 0 Å². The molecule has 0 aliphatic rings. The molecule has 12 heavy (non-hydrogen) atoms. The zero-order valence-corrected chi connectivity index (χ0v) is 7.28. The Morgan fingerprint density at radius 2 is 2.42 bits per heavy atom. The second kappa shape index (κ2) is 4.25. The maximum atomic E-state index is 8.50. The summed E-state index contributed by atoms with van der Waals surface area (Å²) >= 11 is 1.23.